The number of hydrogen-bond donors (Lipinski definition) is 1. The van der Waals surface area contributed by atoms with Crippen molar-refractivity contribution in [2.24, 2.45) is 0 Å². The molecule has 1 fully saturated rings. The number of carbonyl (C=O) groups excluding carboxylic acids is 3. The smallest absolute Gasteiger partial charge is 0.316 e. The SMILES string of the molecule is Cc1ccc(N2C(=O)C(=O)N(C[NH+](C)Cc3c(F)cccc3Cl)C2=O)cc1. The number of urea groups is 1. The molecule has 1 aliphatic heterocycles. The van der Waals surface area contributed by atoms with Crippen molar-refractivity contribution >= 4 is 35.1 Å². The van der Waals surface area contributed by atoms with Gasteiger partial charge in [0.05, 0.1) is 23.3 Å². The molecule has 0 saturated carbocycles. The molecule has 0 bridgehead atoms. The third kappa shape index (κ3) is 3.70. The number of aryl methyl sites for hydroxylation is 1. The molecule has 1 aliphatic rings. The highest BCUT2D eigenvalue weighted by atomic mass is 35.5. The van der Waals surface area contributed by atoms with Crippen molar-refractivity contribution in [3.8, 4) is 0 Å². The molecule has 3 rings (SSSR count). The van der Waals surface area contributed by atoms with Gasteiger partial charge in [0.25, 0.3) is 0 Å². The second kappa shape index (κ2) is 7.46. The van der Waals surface area contributed by atoms with Crippen molar-refractivity contribution < 1.29 is 23.7 Å². The van der Waals surface area contributed by atoms with E-state index in [1.807, 2.05) is 6.92 Å². The first kappa shape index (κ1) is 19.0. The third-order valence-electron chi connectivity index (χ3n) is 4.31. The second-order valence-corrected chi connectivity index (χ2v) is 6.89. The number of nitrogens with zero attached hydrogens (tertiary/aromatic N) is 2. The van der Waals surface area contributed by atoms with Gasteiger partial charge in [0.1, 0.15) is 12.4 Å². The Kier molecular flexibility index (Phi) is 5.25. The summed E-state index contributed by atoms with van der Waals surface area (Å²) in [6.07, 6.45) is 0. The van der Waals surface area contributed by atoms with Gasteiger partial charge in [-0.3, -0.25) is 9.59 Å². The molecule has 6 nitrogen and oxygen atoms in total. The summed E-state index contributed by atoms with van der Waals surface area (Å²) >= 11 is 6.02. The highest BCUT2D eigenvalue weighted by Gasteiger charge is 2.46. The van der Waals surface area contributed by atoms with Gasteiger partial charge in [-0.2, -0.15) is 0 Å². The van der Waals surface area contributed by atoms with E-state index >= 15 is 0 Å². The van der Waals surface area contributed by atoms with Gasteiger partial charge in [-0.15, -0.1) is 0 Å². The van der Waals surface area contributed by atoms with Gasteiger partial charge in [0.15, 0.2) is 6.67 Å². The summed E-state index contributed by atoms with van der Waals surface area (Å²) in [5.41, 5.74) is 1.59. The first-order valence-electron chi connectivity index (χ1n) is 8.30. The summed E-state index contributed by atoms with van der Waals surface area (Å²) in [7, 11) is 1.68. The van der Waals surface area contributed by atoms with Crippen LogP contribution < -0.4 is 9.80 Å². The van der Waals surface area contributed by atoms with Gasteiger partial charge in [-0.1, -0.05) is 35.4 Å². The number of rotatable bonds is 5. The standard InChI is InChI=1S/C19H17ClFN3O3/c1-12-6-8-13(9-7-12)24-18(26)17(25)23(19(24)27)11-22(2)10-14-15(20)4-3-5-16(14)21/h3-9H,10-11H2,1-2H3/p+1. The van der Waals surface area contributed by atoms with Crippen LogP contribution in [0.2, 0.25) is 5.02 Å². The van der Waals surface area contributed by atoms with Gasteiger partial charge in [-0.25, -0.2) is 19.0 Å². The number of halogens is 2. The van der Waals surface area contributed by atoms with Crippen LogP contribution in [0, 0.1) is 12.7 Å². The molecule has 0 aromatic heterocycles. The molecule has 0 radical (unpaired) electrons. The Morgan fingerprint density at radius 3 is 2.33 bits per heavy atom. The molecule has 1 heterocycles. The maximum absolute atomic E-state index is 13.9. The summed E-state index contributed by atoms with van der Waals surface area (Å²) < 4.78 is 13.9. The predicted molar refractivity (Wildman–Crippen MR) is 97.8 cm³/mol. The van der Waals surface area contributed by atoms with Crippen LogP contribution in [-0.4, -0.2) is 36.5 Å². The Balaban J connectivity index is 1.77. The van der Waals surface area contributed by atoms with Crippen molar-refractivity contribution in [3.63, 3.8) is 0 Å². The second-order valence-electron chi connectivity index (χ2n) is 6.48. The molecule has 140 valence electrons. The Morgan fingerprint density at radius 2 is 1.70 bits per heavy atom. The zero-order chi connectivity index (χ0) is 19.7. The molecular formula is C19H18ClFN3O3+. The summed E-state index contributed by atoms with van der Waals surface area (Å²) in [6.45, 7) is 1.94. The Bertz CT molecular complexity index is 897. The van der Waals surface area contributed by atoms with Gasteiger partial charge < -0.3 is 4.90 Å². The minimum Gasteiger partial charge on any atom is -0.316 e. The molecule has 2 aromatic carbocycles. The van der Waals surface area contributed by atoms with Crippen molar-refractivity contribution in [2.45, 2.75) is 13.5 Å². The van der Waals surface area contributed by atoms with E-state index in [0.29, 0.717) is 10.6 Å². The molecule has 8 heteroatoms. The highest BCUT2D eigenvalue weighted by molar-refractivity contribution is 6.52. The zero-order valence-corrected chi connectivity index (χ0v) is 15.6. The molecule has 1 atom stereocenters. The summed E-state index contributed by atoms with van der Waals surface area (Å²) in [4.78, 5) is 39.5. The number of anilines is 1. The van der Waals surface area contributed by atoms with E-state index in [-0.39, 0.29) is 23.8 Å². The maximum atomic E-state index is 13.9. The first-order valence-corrected chi connectivity index (χ1v) is 8.68. The van der Waals surface area contributed by atoms with Crippen LogP contribution in [0.15, 0.2) is 42.5 Å². The lowest BCUT2D eigenvalue weighted by Crippen LogP contribution is -3.09. The van der Waals surface area contributed by atoms with E-state index in [0.717, 1.165) is 15.4 Å². The largest absolute Gasteiger partial charge is 0.343 e. The van der Waals surface area contributed by atoms with Crippen molar-refractivity contribution in [1.82, 2.24) is 4.90 Å². The number of quaternary nitrogens is 1. The molecule has 0 spiro atoms. The normalized spacial score (nSPS) is 15.6. The third-order valence-corrected chi connectivity index (χ3v) is 4.67. The van der Waals surface area contributed by atoms with Gasteiger partial charge in [-0.05, 0) is 31.2 Å². The van der Waals surface area contributed by atoms with E-state index < -0.39 is 23.7 Å². The fourth-order valence-corrected chi connectivity index (χ4v) is 3.13. The molecule has 0 aliphatic carbocycles. The van der Waals surface area contributed by atoms with Crippen LogP contribution in [0.25, 0.3) is 0 Å². The van der Waals surface area contributed by atoms with Gasteiger partial charge >= 0.3 is 17.8 Å². The van der Waals surface area contributed by atoms with Crippen LogP contribution in [0.4, 0.5) is 14.9 Å². The Morgan fingerprint density at radius 1 is 1.04 bits per heavy atom. The summed E-state index contributed by atoms with van der Waals surface area (Å²) in [6, 6.07) is 10.4. The van der Waals surface area contributed by atoms with Crippen LogP contribution in [0.3, 0.4) is 0 Å². The Hall–Kier alpha value is -2.77. The predicted octanol–water partition coefficient (Wildman–Crippen LogP) is 1.76. The fraction of sp³-hybridized carbons (Fsp3) is 0.211. The molecular weight excluding hydrogens is 373 g/mol. The molecule has 1 saturated heterocycles. The lowest BCUT2D eigenvalue weighted by Gasteiger charge is -2.20. The Labute approximate surface area is 160 Å². The number of benzene rings is 2. The van der Waals surface area contributed by atoms with E-state index in [9.17, 15) is 18.8 Å². The number of hydrogen-bond acceptors (Lipinski definition) is 3. The van der Waals surface area contributed by atoms with Gasteiger partial charge in [0, 0.05) is 0 Å². The van der Waals surface area contributed by atoms with Crippen LogP contribution in [0.1, 0.15) is 11.1 Å². The minimum absolute atomic E-state index is 0.0869. The van der Waals surface area contributed by atoms with E-state index in [1.165, 1.54) is 12.1 Å². The highest BCUT2D eigenvalue weighted by Crippen LogP contribution is 2.22. The number of carbonyl (C=O) groups is 3. The average molecular weight is 391 g/mol. The number of imide groups is 2. The topological polar surface area (TPSA) is 62.1 Å². The fourth-order valence-electron chi connectivity index (χ4n) is 2.90. The van der Waals surface area contributed by atoms with Crippen molar-refractivity contribution in [2.75, 3.05) is 18.6 Å². The molecule has 1 unspecified atom stereocenters. The average Bonchev–Trinajstić information content (AvgIpc) is 2.83. The molecule has 4 amide bonds. The monoisotopic (exact) mass is 390 g/mol. The van der Waals surface area contributed by atoms with Crippen LogP contribution in [-0.2, 0) is 16.1 Å². The van der Waals surface area contributed by atoms with E-state index in [2.05, 4.69) is 0 Å². The number of amides is 4. The zero-order valence-electron chi connectivity index (χ0n) is 14.8. The van der Waals surface area contributed by atoms with Crippen LogP contribution in [0.5, 0.6) is 0 Å². The van der Waals surface area contributed by atoms with E-state index in [4.69, 9.17) is 11.6 Å². The van der Waals surface area contributed by atoms with Crippen molar-refractivity contribution in [3.05, 3.63) is 64.4 Å². The quantitative estimate of drug-likeness (QED) is 0.625. The number of nitrogens with one attached hydrogen (secondary N) is 1. The summed E-state index contributed by atoms with van der Waals surface area (Å²) in [5.74, 6) is -2.27. The van der Waals surface area contributed by atoms with Crippen molar-refractivity contribution in [1.29, 1.82) is 0 Å². The molecule has 27 heavy (non-hydrogen) atoms. The maximum Gasteiger partial charge on any atom is 0.343 e. The van der Waals surface area contributed by atoms with Crippen LogP contribution >= 0.6 is 11.6 Å². The lowest BCUT2D eigenvalue weighted by atomic mass is 10.2. The summed E-state index contributed by atoms with van der Waals surface area (Å²) in [5, 5.41) is 0.269. The van der Waals surface area contributed by atoms with E-state index in [1.54, 1.807) is 37.4 Å². The minimum atomic E-state index is -0.903. The molecule has 2 aromatic rings. The molecule has 1 N–H and O–H groups in total. The first-order chi connectivity index (χ1) is 12.8. The van der Waals surface area contributed by atoms with Gasteiger partial charge in [0.2, 0.25) is 0 Å². The lowest BCUT2D eigenvalue weighted by molar-refractivity contribution is -0.901.